The quantitative estimate of drug-likeness (QED) is 0.822. The van der Waals surface area contributed by atoms with Gasteiger partial charge in [0.2, 0.25) is 10.0 Å². The molecule has 0 amide bonds. The Labute approximate surface area is 136 Å². The fourth-order valence-corrected chi connectivity index (χ4v) is 4.36. The van der Waals surface area contributed by atoms with Gasteiger partial charge in [-0.05, 0) is 49.9 Å². The molecule has 3 fully saturated rings. The van der Waals surface area contributed by atoms with Crippen LogP contribution in [0.3, 0.4) is 0 Å². The number of nitrogens with one attached hydrogen (secondary N) is 2. The van der Waals surface area contributed by atoms with Gasteiger partial charge in [-0.3, -0.25) is 0 Å². The van der Waals surface area contributed by atoms with Crippen LogP contribution in [-0.4, -0.2) is 45.9 Å². The first-order chi connectivity index (χ1) is 11.0. The average molecular weight is 338 g/mol. The molecule has 3 aliphatic rings. The summed E-state index contributed by atoms with van der Waals surface area (Å²) in [6.07, 6.45) is 4.16. The van der Waals surface area contributed by atoms with Crippen LogP contribution in [0, 0.1) is 0 Å². The van der Waals surface area contributed by atoms with Crippen molar-refractivity contribution in [3.05, 3.63) is 24.3 Å². The second-order valence-electron chi connectivity index (χ2n) is 6.76. The number of rotatable bonds is 6. The summed E-state index contributed by atoms with van der Waals surface area (Å²) in [5, 5.41) is 3.32. The number of sulfonamides is 1. The summed E-state index contributed by atoms with van der Waals surface area (Å²) in [6.45, 7) is 2.16. The van der Waals surface area contributed by atoms with Crippen LogP contribution < -0.4 is 10.0 Å². The van der Waals surface area contributed by atoms with Crippen LogP contribution in [0.5, 0.6) is 0 Å². The van der Waals surface area contributed by atoms with Gasteiger partial charge in [-0.25, -0.2) is 13.1 Å². The van der Waals surface area contributed by atoms with Gasteiger partial charge >= 0.3 is 0 Å². The number of benzene rings is 1. The van der Waals surface area contributed by atoms with E-state index >= 15 is 0 Å². The van der Waals surface area contributed by atoms with Gasteiger partial charge in [-0.15, -0.1) is 0 Å². The molecule has 126 valence electrons. The fraction of sp³-hybridized carbons (Fsp3) is 0.625. The molecule has 2 heterocycles. The third-order valence-corrected chi connectivity index (χ3v) is 6.20. The molecule has 7 heteroatoms. The lowest BCUT2D eigenvalue weighted by atomic mass is 9.98. The van der Waals surface area contributed by atoms with Gasteiger partial charge in [-0.1, -0.05) is 0 Å². The van der Waals surface area contributed by atoms with Crippen molar-refractivity contribution >= 4 is 15.7 Å². The number of ether oxygens (including phenoxy) is 2. The fourth-order valence-electron chi connectivity index (χ4n) is 3.05. The second-order valence-corrected chi connectivity index (χ2v) is 8.47. The molecular formula is C16H22N2O4S. The number of anilines is 1. The molecule has 2 N–H and O–H groups in total. The molecule has 1 aromatic carbocycles. The zero-order chi connectivity index (χ0) is 15.9. The highest BCUT2D eigenvalue weighted by Gasteiger charge is 2.46. The molecule has 1 aliphatic carbocycles. The molecule has 1 unspecified atom stereocenters. The Morgan fingerprint density at radius 2 is 1.87 bits per heavy atom. The molecule has 6 nitrogen and oxygen atoms in total. The van der Waals surface area contributed by atoms with E-state index in [1.807, 2.05) is 0 Å². The Balaban J connectivity index is 1.31. The number of hydrogen-bond donors (Lipinski definition) is 2. The lowest BCUT2D eigenvalue weighted by molar-refractivity contribution is -0.198. The Kier molecular flexibility index (Phi) is 3.84. The lowest BCUT2D eigenvalue weighted by Gasteiger charge is -2.37. The highest BCUT2D eigenvalue weighted by molar-refractivity contribution is 7.89. The van der Waals surface area contributed by atoms with Gasteiger partial charge in [0.05, 0.1) is 24.2 Å². The molecule has 2 aliphatic heterocycles. The van der Waals surface area contributed by atoms with E-state index in [9.17, 15) is 8.42 Å². The Hall–Kier alpha value is -1.15. The smallest absolute Gasteiger partial charge is 0.240 e. The summed E-state index contributed by atoms with van der Waals surface area (Å²) in [5.41, 5.74) is 0.878. The van der Waals surface area contributed by atoms with E-state index in [4.69, 9.17) is 9.47 Å². The summed E-state index contributed by atoms with van der Waals surface area (Å²) >= 11 is 0. The molecule has 23 heavy (non-hydrogen) atoms. The van der Waals surface area contributed by atoms with Gasteiger partial charge < -0.3 is 14.8 Å². The molecule has 1 aromatic rings. The Morgan fingerprint density at radius 3 is 2.43 bits per heavy atom. The van der Waals surface area contributed by atoms with Crippen molar-refractivity contribution in [1.82, 2.24) is 4.72 Å². The third kappa shape index (κ3) is 3.38. The first-order valence-electron chi connectivity index (χ1n) is 8.17. The Bertz CT molecular complexity index is 666. The van der Waals surface area contributed by atoms with E-state index in [2.05, 4.69) is 10.0 Å². The minimum atomic E-state index is -3.37. The van der Waals surface area contributed by atoms with Gasteiger partial charge in [-0.2, -0.15) is 0 Å². The van der Waals surface area contributed by atoms with E-state index < -0.39 is 10.0 Å². The van der Waals surface area contributed by atoms with Gasteiger partial charge in [0.1, 0.15) is 5.60 Å². The molecule has 1 spiro atoms. The van der Waals surface area contributed by atoms with E-state index in [-0.39, 0.29) is 17.7 Å². The van der Waals surface area contributed by atoms with E-state index in [1.54, 1.807) is 24.3 Å². The molecule has 0 bridgehead atoms. The normalized spacial score (nSPS) is 26.2. The predicted octanol–water partition coefficient (Wildman–Crippen LogP) is 1.49. The third-order valence-electron chi connectivity index (χ3n) is 4.67. The number of hydrogen-bond acceptors (Lipinski definition) is 5. The molecule has 0 radical (unpaired) electrons. The van der Waals surface area contributed by atoms with Crippen molar-refractivity contribution in [2.24, 2.45) is 0 Å². The maximum absolute atomic E-state index is 12.1. The van der Waals surface area contributed by atoms with Crippen LogP contribution >= 0.6 is 0 Å². The van der Waals surface area contributed by atoms with Gasteiger partial charge in [0.15, 0.2) is 0 Å². The average Bonchev–Trinajstić information content (AvgIpc) is 3.18. The summed E-state index contributed by atoms with van der Waals surface area (Å²) in [5.74, 6) is 0. The van der Waals surface area contributed by atoms with Crippen LogP contribution in [0.1, 0.15) is 25.7 Å². The van der Waals surface area contributed by atoms with Crippen molar-refractivity contribution in [1.29, 1.82) is 0 Å². The van der Waals surface area contributed by atoms with Crippen molar-refractivity contribution in [3.8, 4) is 0 Å². The molecule has 4 rings (SSSR count). The summed E-state index contributed by atoms with van der Waals surface area (Å²) in [4.78, 5) is 0.317. The van der Waals surface area contributed by atoms with Crippen LogP contribution in [0.2, 0.25) is 0 Å². The Morgan fingerprint density at radius 1 is 1.13 bits per heavy atom. The van der Waals surface area contributed by atoms with Crippen LogP contribution in [0.25, 0.3) is 0 Å². The lowest BCUT2D eigenvalue weighted by Crippen LogP contribution is -2.49. The van der Waals surface area contributed by atoms with E-state index in [1.165, 1.54) is 0 Å². The minimum absolute atomic E-state index is 0.0290. The maximum Gasteiger partial charge on any atom is 0.240 e. The molecule has 0 aromatic heterocycles. The monoisotopic (exact) mass is 338 g/mol. The first-order valence-corrected chi connectivity index (χ1v) is 9.65. The first kappa shape index (κ1) is 15.4. The van der Waals surface area contributed by atoms with Crippen LogP contribution in [0.15, 0.2) is 29.2 Å². The molecule has 1 saturated carbocycles. The van der Waals surface area contributed by atoms with Gasteiger partial charge in [0.25, 0.3) is 0 Å². The molecule has 1 atom stereocenters. The summed E-state index contributed by atoms with van der Waals surface area (Å²) in [6, 6.07) is 7.02. The minimum Gasteiger partial charge on any atom is -0.382 e. The summed E-state index contributed by atoms with van der Waals surface area (Å²) < 4.78 is 38.2. The van der Waals surface area contributed by atoms with Gasteiger partial charge in [0, 0.05) is 18.3 Å². The largest absolute Gasteiger partial charge is 0.382 e. The van der Waals surface area contributed by atoms with Crippen LogP contribution in [-0.2, 0) is 19.5 Å². The summed E-state index contributed by atoms with van der Waals surface area (Å²) in [7, 11) is -3.37. The zero-order valence-electron chi connectivity index (χ0n) is 13.0. The van der Waals surface area contributed by atoms with Crippen molar-refractivity contribution in [3.63, 3.8) is 0 Å². The van der Waals surface area contributed by atoms with Crippen molar-refractivity contribution in [2.45, 2.75) is 48.3 Å². The highest BCUT2D eigenvalue weighted by Crippen LogP contribution is 2.36. The van der Waals surface area contributed by atoms with Crippen molar-refractivity contribution < 1.29 is 17.9 Å². The van der Waals surface area contributed by atoms with E-state index in [0.29, 0.717) is 18.1 Å². The molecular weight excluding hydrogens is 316 g/mol. The second kappa shape index (κ2) is 5.73. The zero-order valence-corrected chi connectivity index (χ0v) is 13.8. The van der Waals surface area contributed by atoms with Crippen molar-refractivity contribution in [2.75, 3.05) is 25.1 Å². The molecule has 2 saturated heterocycles. The van der Waals surface area contributed by atoms with Crippen LogP contribution in [0.4, 0.5) is 5.69 Å². The SMILES string of the molecule is O=S(=O)(NC1CC1)c1ccc(NCC2CCC3(COC3)O2)cc1. The topological polar surface area (TPSA) is 76.7 Å². The maximum atomic E-state index is 12.1. The van der Waals surface area contributed by atoms with E-state index in [0.717, 1.165) is 37.9 Å². The standard InChI is InChI=1S/C16H22N2O4S/c19-23(20,18-13-1-2-13)15-5-3-12(4-6-15)17-9-14-7-8-16(22-14)10-21-11-16/h3-6,13-14,17-18H,1-2,7-11H2. The highest BCUT2D eigenvalue weighted by atomic mass is 32.2. The predicted molar refractivity (Wildman–Crippen MR) is 85.9 cm³/mol.